The molecule has 0 saturated heterocycles. The maximum atomic E-state index is 13.0. The van der Waals surface area contributed by atoms with Gasteiger partial charge in [0.15, 0.2) is 0 Å². The lowest BCUT2D eigenvalue weighted by atomic mass is 10.0. The third kappa shape index (κ3) is 5.54. The summed E-state index contributed by atoms with van der Waals surface area (Å²) in [6.45, 7) is 1.04. The molecule has 0 radical (unpaired) electrons. The van der Waals surface area contributed by atoms with E-state index < -0.39 is 10.8 Å². The second-order valence-corrected chi connectivity index (χ2v) is 9.14. The Morgan fingerprint density at radius 2 is 1.97 bits per heavy atom. The van der Waals surface area contributed by atoms with Gasteiger partial charge in [-0.15, -0.1) is 0 Å². The standard InChI is InChI=1S/C26H31N5O5/c1-29(24(32)16-18-8-3-4-9-18)19-12-13-23-21(17-19)27-26(30(23)14-7-15-36-2)28-25(33)20-10-5-6-11-22(20)31(34)35/h5-6,10-13,17-18H,3-4,7-9,14-16H2,1-2H3,(H,27,28,33). The first kappa shape index (κ1) is 25.3. The number of hydrogen-bond acceptors (Lipinski definition) is 6. The molecule has 0 unspecified atom stereocenters. The minimum atomic E-state index is -0.616. The molecular formula is C26H31N5O5. The molecule has 1 aliphatic carbocycles. The van der Waals surface area contributed by atoms with Gasteiger partial charge in [-0.1, -0.05) is 25.0 Å². The van der Waals surface area contributed by atoms with Crippen LogP contribution in [-0.2, 0) is 16.1 Å². The van der Waals surface area contributed by atoms with Crippen molar-refractivity contribution in [2.24, 2.45) is 5.92 Å². The number of nitrogens with one attached hydrogen (secondary N) is 1. The molecule has 0 bridgehead atoms. The predicted molar refractivity (Wildman–Crippen MR) is 137 cm³/mol. The van der Waals surface area contributed by atoms with Gasteiger partial charge >= 0.3 is 0 Å². The lowest BCUT2D eigenvalue weighted by Crippen LogP contribution is -2.27. The number of carbonyl (C=O) groups is 2. The minimum absolute atomic E-state index is 0.0454. The van der Waals surface area contributed by atoms with Crippen LogP contribution in [0.3, 0.4) is 0 Å². The molecule has 1 aromatic heterocycles. The van der Waals surface area contributed by atoms with Crippen LogP contribution in [0.5, 0.6) is 0 Å². The number of aromatic nitrogens is 2. The van der Waals surface area contributed by atoms with Crippen molar-refractivity contribution in [3.63, 3.8) is 0 Å². The molecule has 1 heterocycles. The minimum Gasteiger partial charge on any atom is -0.385 e. The van der Waals surface area contributed by atoms with Crippen molar-refractivity contribution in [3.05, 3.63) is 58.1 Å². The summed E-state index contributed by atoms with van der Waals surface area (Å²) in [5, 5.41) is 14.1. The number of fused-ring (bicyclic) bond motifs is 1. The van der Waals surface area contributed by atoms with Gasteiger partial charge in [0.25, 0.3) is 11.6 Å². The molecule has 190 valence electrons. The number of nitrogens with zero attached hydrogens (tertiary/aromatic N) is 4. The van der Waals surface area contributed by atoms with Crippen molar-refractivity contribution < 1.29 is 19.2 Å². The molecule has 10 nitrogen and oxygen atoms in total. The van der Waals surface area contributed by atoms with E-state index in [1.54, 1.807) is 25.1 Å². The van der Waals surface area contributed by atoms with E-state index in [2.05, 4.69) is 10.3 Å². The number of methoxy groups -OCH3 is 1. The van der Waals surface area contributed by atoms with Crippen molar-refractivity contribution in [2.45, 2.75) is 45.1 Å². The fraction of sp³-hybridized carbons (Fsp3) is 0.423. The molecule has 0 atom stereocenters. The van der Waals surface area contributed by atoms with Gasteiger partial charge in [0, 0.05) is 45.5 Å². The van der Waals surface area contributed by atoms with Gasteiger partial charge in [0.2, 0.25) is 11.9 Å². The van der Waals surface area contributed by atoms with Crippen LogP contribution in [0.4, 0.5) is 17.3 Å². The molecule has 1 aliphatic rings. The zero-order valence-corrected chi connectivity index (χ0v) is 20.6. The second-order valence-electron chi connectivity index (χ2n) is 9.14. The van der Waals surface area contributed by atoms with Crippen LogP contribution < -0.4 is 10.2 Å². The normalized spacial score (nSPS) is 13.7. The maximum absolute atomic E-state index is 13.0. The van der Waals surface area contributed by atoms with Gasteiger partial charge in [-0.2, -0.15) is 0 Å². The van der Waals surface area contributed by atoms with Gasteiger partial charge < -0.3 is 14.2 Å². The molecule has 1 saturated carbocycles. The topological polar surface area (TPSA) is 120 Å². The molecule has 1 fully saturated rings. The summed E-state index contributed by atoms with van der Waals surface area (Å²) in [6.07, 6.45) is 5.80. The molecule has 36 heavy (non-hydrogen) atoms. The summed E-state index contributed by atoms with van der Waals surface area (Å²) in [4.78, 5) is 42.9. The fourth-order valence-corrected chi connectivity index (χ4v) is 4.75. The van der Waals surface area contributed by atoms with Crippen LogP contribution in [0.1, 0.15) is 48.9 Å². The number of anilines is 2. The fourth-order valence-electron chi connectivity index (χ4n) is 4.75. The Hall–Kier alpha value is -3.79. The van der Waals surface area contributed by atoms with Gasteiger partial charge in [-0.05, 0) is 49.4 Å². The first-order valence-electron chi connectivity index (χ1n) is 12.2. The SMILES string of the molecule is COCCCn1c(NC(=O)c2ccccc2[N+](=O)[O-])nc2cc(N(C)C(=O)CC3CCCC3)ccc21. The summed E-state index contributed by atoms with van der Waals surface area (Å²) >= 11 is 0. The van der Waals surface area contributed by atoms with Crippen molar-refractivity contribution in [2.75, 3.05) is 31.0 Å². The molecule has 2 aromatic carbocycles. The summed E-state index contributed by atoms with van der Waals surface area (Å²) < 4.78 is 7.03. The zero-order valence-electron chi connectivity index (χ0n) is 20.6. The van der Waals surface area contributed by atoms with E-state index in [0.29, 0.717) is 37.4 Å². The Labute approximate surface area is 209 Å². The van der Waals surface area contributed by atoms with Crippen molar-refractivity contribution in [1.29, 1.82) is 0 Å². The van der Waals surface area contributed by atoms with E-state index in [-0.39, 0.29) is 23.1 Å². The third-order valence-electron chi connectivity index (χ3n) is 6.73. The highest BCUT2D eigenvalue weighted by molar-refractivity contribution is 6.07. The van der Waals surface area contributed by atoms with E-state index in [0.717, 1.165) is 24.0 Å². The highest BCUT2D eigenvalue weighted by Gasteiger charge is 2.24. The number of imidazole rings is 1. The number of nitro groups is 1. The number of amides is 2. The van der Waals surface area contributed by atoms with Crippen molar-refractivity contribution in [3.8, 4) is 0 Å². The summed E-state index contributed by atoms with van der Waals surface area (Å²) in [5.74, 6) is 0.189. The first-order valence-corrected chi connectivity index (χ1v) is 12.2. The number of benzene rings is 2. The van der Waals surface area contributed by atoms with E-state index >= 15 is 0 Å². The maximum Gasteiger partial charge on any atom is 0.282 e. The summed E-state index contributed by atoms with van der Waals surface area (Å²) in [7, 11) is 3.39. The Bertz CT molecular complexity index is 1260. The van der Waals surface area contributed by atoms with Crippen LogP contribution >= 0.6 is 0 Å². The average Bonchev–Trinajstić information content (AvgIpc) is 3.51. The second kappa shape index (κ2) is 11.3. The Kier molecular flexibility index (Phi) is 7.94. The van der Waals surface area contributed by atoms with Crippen LogP contribution in [-0.4, -0.2) is 47.1 Å². The molecule has 4 rings (SSSR count). The number of rotatable bonds is 10. The molecule has 1 N–H and O–H groups in total. The highest BCUT2D eigenvalue weighted by Crippen LogP contribution is 2.30. The van der Waals surface area contributed by atoms with Crippen LogP contribution in [0.25, 0.3) is 11.0 Å². The number of aryl methyl sites for hydroxylation is 1. The Morgan fingerprint density at radius 3 is 2.69 bits per heavy atom. The molecular weight excluding hydrogens is 462 g/mol. The Morgan fingerprint density at radius 1 is 1.22 bits per heavy atom. The van der Waals surface area contributed by atoms with E-state index in [9.17, 15) is 19.7 Å². The van der Waals surface area contributed by atoms with Crippen LogP contribution in [0.2, 0.25) is 0 Å². The van der Waals surface area contributed by atoms with Gasteiger partial charge in [-0.25, -0.2) is 4.98 Å². The van der Waals surface area contributed by atoms with Gasteiger partial charge in [-0.3, -0.25) is 25.0 Å². The van der Waals surface area contributed by atoms with Crippen molar-refractivity contribution >= 4 is 40.2 Å². The highest BCUT2D eigenvalue weighted by atomic mass is 16.6. The number of hydrogen-bond donors (Lipinski definition) is 1. The molecule has 3 aromatic rings. The van der Waals surface area contributed by atoms with Gasteiger partial charge in [0.1, 0.15) is 5.56 Å². The van der Waals surface area contributed by atoms with E-state index in [4.69, 9.17) is 4.74 Å². The van der Waals surface area contributed by atoms with Crippen molar-refractivity contribution in [1.82, 2.24) is 9.55 Å². The first-order chi connectivity index (χ1) is 17.4. The lowest BCUT2D eigenvalue weighted by molar-refractivity contribution is -0.385. The average molecular weight is 494 g/mol. The number of para-hydroxylation sites is 1. The lowest BCUT2D eigenvalue weighted by Gasteiger charge is -2.19. The molecule has 0 aliphatic heterocycles. The molecule has 0 spiro atoms. The van der Waals surface area contributed by atoms with E-state index in [1.165, 1.54) is 31.0 Å². The number of ether oxygens (including phenoxy) is 1. The largest absolute Gasteiger partial charge is 0.385 e. The smallest absolute Gasteiger partial charge is 0.282 e. The van der Waals surface area contributed by atoms with Gasteiger partial charge in [0.05, 0.1) is 16.0 Å². The number of nitro benzene ring substituents is 1. The summed E-state index contributed by atoms with van der Waals surface area (Å²) in [6, 6.07) is 11.4. The molecule has 10 heteroatoms. The predicted octanol–water partition coefficient (Wildman–Crippen LogP) is 4.78. The summed E-state index contributed by atoms with van der Waals surface area (Å²) in [5.41, 5.74) is 1.80. The van der Waals surface area contributed by atoms with E-state index in [1.807, 2.05) is 22.8 Å². The molecule has 2 amide bonds. The monoisotopic (exact) mass is 493 g/mol. The Balaban J connectivity index is 1.62. The third-order valence-corrected chi connectivity index (χ3v) is 6.73. The van der Waals surface area contributed by atoms with Crippen LogP contribution in [0, 0.1) is 16.0 Å². The quantitative estimate of drug-likeness (QED) is 0.247. The number of carbonyl (C=O) groups excluding carboxylic acids is 2. The zero-order chi connectivity index (χ0) is 25.7. The van der Waals surface area contributed by atoms with Crippen LogP contribution in [0.15, 0.2) is 42.5 Å².